The standard InChI is InChI=1S/C14H14N10OS/c1-2-7(26-12-8-10(20-5-18-8)21-13(15)24-12)11(25)23-14-16-3-6-9(22-14)19-4-17-6/h3-5,7H,2H2,1H3,(H3,15,18,20,21,24)(H2,16,17,19,22,23,25)/t7-/m1/s1. The molecule has 132 valence electrons. The number of hydrogen-bond acceptors (Lipinski definition) is 9. The number of imidazole rings is 2. The summed E-state index contributed by atoms with van der Waals surface area (Å²) in [5, 5.41) is 2.87. The van der Waals surface area contributed by atoms with E-state index in [0.29, 0.717) is 33.8 Å². The average Bonchev–Trinajstić information content (AvgIpc) is 3.27. The average molecular weight is 370 g/mol. The summed E-state index contributed by atoms with van der Waals surface area (Å²) in [6, 6.07) is 0. The van der Waals surface area contributed by atoms with Crippen molar-refractivity contribution in [3.05, 3.63) is 18.9 Å². The molecule has 0 saturated carbocycles. The van der Waals surface area contributed by atoms with Crippen molar-refractivity contribution in [3.8, 4) is 0 Å². The first kappa shape index (κ1) is 16.2. The van der Waals surface area contributed by atoms with E-state index >= 15 is 0 Å². The van der Waals surface area contributed by atoms with Gasteiger partial charge in [0.25, 0.3) is 0 Å². The Hall–Kier alpha value is -3.28. The highest BCUT2D eigenvalue weighted by molar-refractivity contribution is 8.00. The third-order valence-electron chi connectivity index (χ3n) is 3.60. The smallest absolute Gasteiger partial charge is 0.240 e. The zero-order valence-electron chi connectivity index (χ0n) is 13.6. The number of carbonyl (C=O) groups excluding carboxylic acids is 1. The molecule has 0 radical (unpaired) electrons. The highest BCUT2D eigenvalue weighted by atomic mass is 32.2. The largest absolute Gasteiger partial charge is 0.368 e. The molecule has 4 heterocycles. The molecule has 1 atom stereocenters. The summed E-state index contributed by atoms with van der Waals surface area (Å²) in [7, 11) is 0. The minimum Gasteiger partial charge on any atom is -0.368 e. The SMILES string of the molecule is CC[C@@H](Sc1nc(N)nc2nc[nH]c12)C(=O)Nc1ncc2nc[nH]c2n1. The monoisotopic (exact) mass is 370 g/mol. The molecule has 0 fully saturated rings. The van der Waals surface area contributed by atoms with E-state index in [0.717, 1.165) is 0 Å². The Labute approximate surface area is 150 Å². The van der Waals surface area contributed by atoms with Crippen molar-refractivity contribution in [2.45, 2.75) is 23.6 Å². The Bertz CT molecular complexity index is 1090. The van der Waals surface area contributed by atoms with Gasteiger partial charge in [-0.2, -0.15) is 9.97 Å². The Kier molecular flexibility index (Phi) is 4.08. The summed E-state index contributed by atoms with van der Waals surface area (Å²) >= 11 is 1.28. The first-order valence-electron chi connectivity index (χ1n) is 7.74. The van der Waals surface area contributed by atoms with E-state index in [1.807, 2.05) is 6.92 Å². The van der Waals surface area contributed by atoms with Crippen molar-refractivity contribution in [2.24, 2.45) is 0 Å². The molecule has 0 aromatic carbocycles. The zero-order valence-corrected chi connectivity index (χ0v) is 14.4. The van der Waals surface area contributed by atoms with Gasteiger partial charge in [-0.15, -0.1) is 0 Å². The van der Waals surface area contributed by atoms with Gasteiger partial charge in [-0.25, -0.2) is 19.9 Å². The molecule has 0 unspecified atom stereocenters. The van der Waals surface area contributed by atoms with E-state index < -0.39 is 5.25 Å². The van der Waals surface area contributed by atoms with E-state index in [1.165, 1.54) is 24.4 Å². The second-order valence-electron chi connectivity index (χ2n) is 5.32. The lowest BCUT2D eigenvalue weighted by Crippen LogP contribution is -2.25. The van der Waals surface area contributed by atoms with Gasteiger partial charge in [0.1, 0.15) is 16.1 Å². The Morgan fingerprint density at radius 1 is 1.23 bits per heavy atom. The molecular weight excluding hydrogens is 356 g/mol. The van der Waals surface area contributed by atoms with Crippen LogP contribution in [0.2, 0.25) is 0 Å². The van der Waals surface area contributed by atoms with Crippen molar-refractivity contribution in [1.29, 1.82) is 0 Å². The second-order valence-corrected chi connectivity index (χ2v) is 6.51. The molecule has 26 heavy (non-hydrogen) atoms. The van der Waals surface area contributed by atoms with Gasteiger partial charge < -0.3 is 15.7 Å². The van der Waals surface area contributed by atoms with E-state index in [4.69, 9.17) is 5.73 Å². The highest BCUT2D eigenvalue weighted by Crippen LogP contribution is 2.29. The fourth-order valence-electron chi connectivity index (χ4n) is 2.35. The molecule has 4 aromatic rings. The number of rotatable bonds is 5. The number of fused-ring (bicyclic) bond motifs is 2. The number of nitrogens with one attached hydrogen (secondary N) is 3. The van der Waals surface area contributed by atoms with Crippen LogP contribution in [0.15, 0.2) is 23.9 Å². The maximum absolute atomic E-state index is 12.6. The number of amides is 1. The maximum atomic E-state index is 12.6. The van der Waals surface area contributed by atoms with Crippen LogP contribution in [-0.4, -0.2) is 51.0 Å². The van der Waals surface area contributed by atoms with Crippen LogP contribution in [0.1, 0.15) is 13.3 Å². The van der Waals surface area contributed by atoms with Gasteiger partial charge in [-0.3, -0.25) is 10.1 Å². The molecule has 0 spiro atoms. The molecule has 0 aliphatic carbocycles. The lowest BCUT2D eigenvalue weighted by atomic mass is 10.3. The van der Waals surface area contributed by atoms with Gasteiger partial charge in [0.15, 0.2) is 11.3 Å². The lowest BCUT2D eigenvalue weighted by molar-refractivity contribution is -0.115. The molecule has 0 aliphatic rings. The number of nitrogens with zero attached hydrogens (tertiary/aromatic N) is 6. The number of hydrogen-bond donors (Lipinski definition) is 4. The molecule has 0 bridgehead atoms. The summed E-state index contributed by atoms with van der Waals surface area (Å²) in [6.07, 6.45) is 5.15. The van der Waals surface area contributed by atoms with E-state index in [2.05, 4.69) is 45.2 Å². The van der Waals surface area contributed by atoms with Crippen LogP contribution >= 0.6 is 11.8 Å². The van der Waals surface area contributed by atoms with Crippen molar-refractivity contribution in [1.82, 2.24) is 39.9 Å². The Morgan fingerprint density at radius 2 is 2.08 bits per heavy atom. The minimum absolute atomic E-state index is 0.107. The fourth-order valence-corrected chi connectivity index (χ4v) is 3.37. The number of carbonyl (C=O) groups is 1. The van der Waals surface area contributed by atoms with Gasteiger partial charge in [-0.1, -0.05) is 18.7 Å². The number of aromatic nitrogens is 8. The van der Waals surface area contributed by atoms with Gasteiger partial charge in [0.2, 0.25) is 17.8 Å². The fraction of sp³-hybridized carbons (Fsp3) is 0.214. The van der Waals surface area contributed by atoms with Gasteiger partial charge in [-0.05, 0) is 6.42 Å². The predicted molar refractivity (Wildman–Crippen MR) is 96.3 cm³/mol. The molecular formula is C14H14N10OS. The van der Waals surface area contributed by atoms with Crippen LogP contribution in [0, 0.1) is 0 Å². The summed E-state index contributed by atoms with van der Waals surface area (Å²) < 4.78 is 0. The number of nitrogens with two attached hydrogens (primary N) is 1. The van der Waals surface area contributed by atoms with E-state index in [-0.39, 0.29) is 17.8 Å². The van der Waals surface area contributed by atoms with Crippen molar-refractivity contribution >= 4 is 51.9 Å². The van der Waals surface area contributed by atoms with Gasteiger partial charge >= 0.3 is 0 Å². The van der Waals surface area contributed by atoms with E-state index in [9.17, 15) is 4.79 Å². The van der Waals surface area contributed by atoms with Crippen LogP contribution in [0.3, 0.4) is 0 Å². The molecule has 12 heteroatoms. The quantitative estimate of drug-likeness (QED) is 0.297. The molecule has 0 aliphatic heterocycles. The topological polar surface area (TPSA) is 164 Å². The lowest BCUT2D eigenvalue weighted by Gasteiger charge is -2.13. The summed E-state index contributed by atoms with van der Waals surface area (Å²) in [5.41, 5.74) is 8.01. The first-order valence-corrected chi connectivity index (χ1v) is 8.62. The van der Waals surface area contributed by atoms with Gasteiger partial charge in [0, 0.05) is 0 Å². The van der Waals surface area contributed by atoms with Crippen LogP contribution in [-0.2, 0) is 4.79 Å². The van der Waals surface area contributed by atoms with Crippen LogP contribution < -0.4 is 11.1 Å². The van der Waals surface area contributed by atoms with E-state index in [1.54, 1.807) is 6.20 Å². The van der Waals surface area contributed by atoms with Crippen molar-refractivity contribution in [3.63, 3.8) is 0 Å². The highest BCUT2D eigenvalue weighted by Gasteiger charge is 2.22. The van der Waals surface area contributed by atoms with Crippen molar-refractivity contribution in [2.75, 3.05) is 11.1 Å². The third-order valence-corrected chi connectivity index (χ3v) is 4.95. The van der Waals surface area contributed by atoms with Crippen LogP contribution in [0.25, 0.3) is 22.3 Å². The Balaban J connectivity index is 1.55. The number of nitrogen functional groups attached to an aromatic ring is 1. The third kappa shape index (κ3) is 3.01. The second kappa shape index (κ2) is 6.55. The number of H-pyrrole nitrogens is 2. The number of aromatic amines is 2. The molecule has 4 rings (SSSR count). The van der Waals surface area contributed by atoms with Crippen LogP contribution in [0.4, 0.5) is 11.9 Å². The number of thioether (sulfide) groups is 1. The zero-order chi connectivity index (χ0) is 18.1. The summed E-state index contributed by atoms with van der Waals surface area (Å²) in [5.74, 6) is 0.0799. The van der Waals surface area contributed by atoms with Crippen LogP contribution in [0.5, 0.6) is 0 Å². The number of anilines is 2. The summed E-state index contributed by atoms with van der Waals surface area (Å²) in [4.78, 5) is 43.2. The minimum atomic E-state index is -0.420. The first-order chi connectivity index (χ1) is 12.6. The Morgan fingerprint density at radius 3 is 2.92 bits per heavy atom. The normalized spacial score (nSPS) is 12.5. The van der Waals surface area contributed by atoms with Gasteiger partial charge in [0.05, 0.1) is 24.1 Å². The molecule has 0 saturated heterocycles. The predicted octanol–water partition coefficient (Wildman–Crippen LogP) is 1.11. The maximum Gasteiger partial charge on any atom is 0.240 e. The van der Waals surface area contributed by atoms with Crippen molar-refractivity contribution < 1.29 is 4.79 Å². The summed E-state index contributed by atoms with van der Waals surface area (Å²) in [6.45, 7) is 1.91. The molecule has 4 aromatic heterocycles. The molecule has 1 amide bonds. The molecule has 5 N–H and O–H groups in total. The molecule has 11 nitrogen and oxygen atoms in total.